The average Bonchev–Trinajstić information content (AvgIpc) is 3.03. The van der Waals surface area contributed by atoms with E-state index in [4.69, 9.17) is 21.1 Å². The van der Waals surface area contributed by atoms with E-state index >= 15 is 0 Å². The van der Waals surface area contributed by atoms with Gasteiger partial charge in [-0.1, -0.05) is 36.7 Å². The summed E-state index contributed by atoms with van der Waals surface area (Å²) in [7, 11) is 1.21. The maximum atomic E-state index is 13.5. The van der Waals surface area contributed by atoms with Gasteiger partial charge in [-0.3, -0.25) is 4.79 Å². The maximum Gasteiger partial charge on any atom is 0.313 e. The third-order valence-corrected chi connectivity index (χ3v) is 10.6. The summed E-state index contributed by atoms with van der Waals surface area (Å²) in [5.74, 6) is 0.525. The van der Waals surface area contributed by atoms with Crippen molar-refractivity contribution in [3.05, 3.63) is 70.3 Å². The van der Waals surface area contributed by atoms with Crippen molar-refractivity contribution in [3.63, 3.8) is 0 Å². The lowest BCUT2D eigenvalue weighted by Gasteiger charge is -2.43. The van der Waals surface area contributed by atoms with Crippen LogP contribution in [0, 0.1) is 17.8 Å². The fourth-order valence-corrected chi connectivity index (χ4v) is 7.62. The molecule has 1 fully saturated rings. The van der Waals surface area contributed by atoms with E-state index in [1.54, 1.807) is 13.2 Å². The van der Waals surface area contributed by atoms with Crippen LogP contribution in [-0.2, 0) is 32.5 Å². The summed E-state index contributed by atoms with van der Waals surface area (Å²) >= 11 is 6.42. The van der Waals surface area contributed by atoms with Gasteiger partial charge in [0.15, 0.2) is 0 Å². The van der Waals surface area contributed by atoms with Crippen molar-refractivity contribution >= 4 is 39.8 Å². The first-order chi connectivity index (χ1) is 21.3. The molecule has 0 spiro atoms. The SMILES string of the molecule is CNC(=O)NC1[C@@H](C)C/C=C/[C@H](OC)[C@@H]2CC[C@H]2CN2Cc3ccc(Cl)cc3CCCCOc3ccc(cc32)C(=O)N=[S-]1=O. The second kappa shape index (κ2) is 14.8. The van der Waals surface area contributed by atoms with E-state index in [9.17, 15) is 13.8 Å². The predicted molar refractivity (Wildman–Crippen MR) is 173 cm³/mol. The van der Waals surface area contributed by atoms with Crippen molar-refractivity contribution in [2.45, 2.75) is 63.5 Å². The van der Waals surface area contributed by atoms with Crippen LogP contribution in [-0.4, -0.2) is 50.7 Å². The second-order valence-electron chi connectivity index (χ2n) is 11.9. The Labute approximate surface area is 266 Å². The normalized spacial score (nSPS) is 27.2. The van der Waals surface area contributed by atoms with Gasteiger partial charge in [-0.2, -0.15) is 10.6 Å². The monoisotopic (exact) mass is 641 g/mol. The van der Waals surface area contributed by atoms with Crippen molar-refractivity contribution < 1.29 is 23.3 Å². The lowest BCUT2D eigenvalue weighted by Crippen LogP contribution is -2.44. The van der Waals surface area contributed by atoms with Crippen LogP contribution in [0.1, 0.15) is 60.5 Å². The summed E-state index contributed by atoms with van der Waals surface area (Å²) in [4.78, 5) is 28.0. The Morgan fingerprint density at radius 1 is 1.16 bits per heavy atom. The van der Waals surface area contributed by atoms with Crippen molar-refractivity contribution in [2.75, 3.05) is 32.2 Å². The van der Waals surface area contributed by atoms with Crippen molar-refractivity contribution in [2.24, 2.45) is 22.1 Å². The number of anilines is 1. The Hall–Kier alpha value is -3.08. The number of fused-ring (bicyclic) bond motifs is 3. The summed E-state index contributed by atoms with van der Waals surface area (Å²) in [6.45, 7) is 3.81. The zero-order valence-electron chi connectivity index (χ0n) is 25.6. The molecule has 11 heteroatoms. The number of nitrogens with zero attached hydrogens (tertiary/aromatic N) is 2. The van der Waals surface area contributed by atoms with Gasteiger partial charge in [0, 0.05) is 37.8 Å². The van der Waals surface area contributed by atoms with Crippen LogP contribution in [0.15, 0.2) is 52.9 Å². The molecule has 1 aliphatic carbocycles. The molecule has 0 saturated heterocycles. The lowest BCUT2D eigenvalue weighted by atomic mass is 9.70. The Morgan fingerprint density at radius 2 is 2.00 bits per heavy atom. The molecule has 2 aromatic rings. The number of hydrogen-bond acceptors (Lipinski definition) is 7. The third-order valence-electron chi connectivity index (χ3n) is 9.04. The van der Waals surface area contributed by atoms with Crippen LogP contribution in [0.4, 0.5) is 10.5 Å². The van der Waals surface area contributed by atoms with Crippen LogP contribution in [0.5, 0.6) is 5.75 Å². The quantitative estimate of drug-likeness (QED) is 0.297. The van der Waals surface area contributed by atoms with E-state index < -0.39 is 27.9 Å². The van der Waals surface area contributed by atoms with Gasteiger partial charge in [0.2, 0.25) is 0 Å². The predicted octanol–water partition coefficient (Wildman–Crippen LogP) is 6.24. The standard InChI is InChI=1S/C33H42ClN4O5S/c1-21-7-6-9-29(42-3)27-14-11-25(27)20-38-19-24-10-13-26(34)17-22(24)8-4-5-16-43-30-15-12-23(18-28(30)38)31(39)37-44(41)32(21)36-33(40)35-2/h6,9-10,12-13,15,17-18,21,25,27,29,32H,4-5,7-8,11,14,16,19-20H2,1-3H3,(H2,35,36,40)/q-1/b9-6+/t21-,25-,27+,29-,32?/m0/s1. The molecule has 2 heterocycles. The fourth-order valence-electron chi connectivity index (χ4n) is 6.32. The summed E-state index contributed by atoms with van der Waals surface area (Å²) in [5, 5.41) is 5.10. The zero-order chi connectivity index (χ0) is 31.2. The zero-order valence-corrected chi connectivity index (χ0v) is 27.2. The van der Waals surface area contributed by atoms with Gasteiger partial charge in [-0.05, 0) is 103 Å². The summed E-state index contributed by atoms with van der Waals surface area (Å²) < 4.78 is 29.8. The number of urea groups is 1. The van der Waals surface area contributed by atoms with E-state index in [1.807, 2.05) is 31.2 Å². The van der Waals surface area contributed by atoms with Crippen molar-refractivity contribution in [1.82, 2.24) is 10.6 Å². The Kier molecular flexibility index (Phi) is 10.9. The highest BCUT2D eigenvalue weighted by atomic mass is 35.5. The van der Waals surface area contributed by atoms with E-state index in [0.717, 1.165) is 49.4 Å². The fraction of sp³-hybridized carbons (Fsp3) is 0.515. The molecule has 9 nitrogen and oxygen atoms in total. The first kappa shape index (κ1) is 32.3. The molecular formula is C33H42ClN4O5S-. The molecule has 0 radical (unpaired) electrons. The first-order valence-electron chi connectivity index (χ1n) is 15.4. The minimum atomic E-state index is -2.02. The molecule has 5 rings (SSSR count). The van der Waals surface area contributed by atoms with Gasteiger partial charge in [-0.25, -0.2) is 4.79 Å². The summed E-state index contributed by atoms with van der Waals surface area (Å²) in [6.07, 6.45) is 9.44. The smallest absolute Gasteiger partial charge is 0.313 e. The molecule has 0 aromatic heterocycles. The number of benzene rings is 2. The highest BCUT2D eigenvalue weighted by molar-refractivity contribution is 7.75. The summed E-state index contributed by atoms with van der Waals surface area (Å²) in [5.41, 5.74) is 3.53. The molecule has 5 atom stereocenters. The van der Waals surface area contributed by atoms with E-state index in [2.05, 4.69) is 38.1 Å². The minimum absolute atomic E-state index is 0.0759. The second-order valence-corrected chi connectivity index (χ2v) is 13.6. The van der Waals surface area contributed by atoms with Gasteiger partial charge in [0.1, 0.15) is 5.75 Å². The number of methoxy groups -OCH3 is 1. The number of ether oxygens (including phenoxy) is 2. The van der Waals surface area contributed by atoms with Crippen LogP contribution in [0.2, 0.25) is 5.02 Å². The van der Waals surface area contributed by atoms with Crippen LogP contribution < -0.4 is 20.3 Å². The number of allylic oxidation sites excluding steroid dienone is 1. The first-order valence-corrected chi connectivity index (χ1v) is 17.0. The van der Waals surface area contributed by atoms with Crippen LogP contribution in [0.3, 0.4) is 0 Å². The van der Waals surface area contributed by atoms with Crippen LogP contribution >= 0.6 is 11.6 Å². The van der Waals surface area contributed by atoms with Gasteiger partial charge < -0.3 is 33.6 Å². The number of nitrogens with one attached hydrogen (secondary N) is 2. The van der Waals surface area contributed by atoms with Gasteiger partial charge in [-0.15, -0.1) is 0 Å². The molecular weight excluding hydrogens is 600 g/mol. The Balaban J connectivity index is 1.62. The Morgan fingerprint density at radius 3 is 2.75 bits per heavy atom. The highest BCUT2D eigenvalue weighted by Crippen LogP contribution is 2.42. The number of carbonyl (C=O) groups excluding carboxylic acids is 2. The average molecular weight is 642 g/mol. The molecule has 3 amide bonds. The molecule has 238 valence electrons. The van der Waals surface area contributed by atoms with Gasteiger partial charge in [0.25, 0.3) is 5.91 Å². The van der Waals surface area contributed by atoms with Gasteiger partial charge in [0.05, 0.1) is 18.4 Å². The molecule has 1 unspecified atom stereocenters. The van der Waals surface area contributed by atoms with Gasteiger partial charge >= 0.3 is 6.03 Å². The highest BCUT2D eigenvalue weighted by Gasteiger charge is 2.38. The van der Waals surface area contributed by atoms with E-state index in [-0.39, 0.29) is 12.0 Å². The topological polar surface area (TPSA) is 109 Å². The lowest BCUT2D eigenvalue weighted by molar-refractivity contribution is 0.0133. The number of carbonyl (C=O) groups is 2. The maximum absolute atomic E-state index is 13.5. The molecule has 2 aromatic carbocycles. The molecule has 1 saturated carbocycles. The molecule has 2 N–H and O–H groups in total. The summed E-state index contributed by atoms with van der Waals surface area (Å²) in [6, 6.07) is 10.9. The molecule has 2 bridgehead atoms. The number of aryl methyl sites for hydroxylation is 1. The number of amides is 3. The molecule has 44 heavy (non-hydrogen) atoms. The van der Waals surface area contributed by atoms with E-state index in [1.165, 1.54) is 18.2 Å². The number of hydrogen-bond donors (Lipinski definition) is 2. The largest absolute Gasteiger partial charge is 0.491 e. The van der Waals surface area contributed by atoms with Crippen LogP contribution in [0.25, 0.3) is 0 Å². The molecule has 3 aliphatic rings. The van der Waals surface area contributed by atoms with Crippen molar-refractivity contribution in [3.8, 4) is 5.75 Å². The Bertz CT molecular complexity index is 1480. The number of rotatable bonds is 2. The van der Waals surface area contributed by atoms with E-state index in [0.29, 0.717) is 42.7 Å². The number of halogens is 1. The minimum Gasteiger partial charge on any atom is -0.491 e. The molecule has 2 aliphatic heterocycles. The van der Waals surface area contributed by atoms with Crippen molar-refractivity contribution in [1.29, 1.82) is 0 Å². The third kappa shape index (κ3) is 7.58.